The lowest BCUT2D eigenvalue weighted by molar-refractivity contribution is 1.00. The number of hydrogen-bond acceptors (Lipinski definition) is 10. The third kappa shape index (κ3) is 14.6. The highest BCUT2D eigenvalue weighted by molar-refractivity contribution is 5.85. The van der Waals surface area contributed by atoms with Crippen LogP contribution in [0.2, 0.25) is 0 Å². The third-order valence-electron chi connectivity index (χ3n) is 26.4. The topological polar surface area (TPSA) is 129 Å². The van der Waals surface area contributed by atoms with E-state index in [0.717, 1.165) is 73.4 Å². The minimum atomic E-state index is 0.882. The van der Waals surface area contributed by atoms with Crippen LogP contribution in [0.3, 0.4) is 0 Å². The highest BCUT2D eigenvalue weighted by Crippen LogP contribution is 2.46. The Morgan fingerprint density at radius 3 is 1.19 bits per heavy atom. The van der Waals surface area contributed by atoms with Crippen LogP contribution < -0.4 is 0 Å². The van der Waals surface area contributed by atoms with Gasteiger partial charge in [-0.2, -0.15) is 0 Å². The standard InChI is InChI=1S/C16H16.5C15H16N2.C15H14/c1-10-8-16-14-7-5-4-6-13(14)9-15(16)12(3)11(10)2;1-8-6-16-12-5-13-15(14(12)10(8)3)11(4)9(2)7-17-13;1-8-5-12-13(17-11(8)4)6-14-15(12)10(3)9(2)7-16-14;1-8-5-10(3)17-13-6-12-15(14(8)13)11(4)9(2)7-16-12;1-8-5-12-13(16-7-8)6-14-15(12)10(3)9(2)11(4)17-14;1-8-5-6-12-13(16-8)7-14-15(12)10(3)9(2)11(4)17-14;1-10-7-13-9-12-5-3-4-6-14(12)15(13)8-11(10)2/h4-8H,9H2,1-3H3;6-7H,5H2,1-4H3;3*5,7H,6H2,1-4H3;5-6H,7H2,1-4H3;3-8H,9H2,1-2H3. The van der Waals surface area contributed by atoms with E-state index in [-0.39, 0.29) is 0 Å². The Hall–Kier alpha value is -11.6. The van der Waals surface area contributed by atoms with Crippen LogP contribution in [0.4, 0.5) is 0 Å². The minimum absolute atomic E-state index is 0.882. The van der Waals surface area contributed by atoms with Gasteiger partial charge in [0.1, 0.15) is 0 Å². The summed E-state index contributed by atoms with van der Waals surface area (Å²) < 4.78 is 0. The zero-order valence-electron chi connectivity index (χ0n) is 73.0. The Labute approximate surface area is 688 Å². The highest BCUT2D eigenvalue weighted by atomic mass is 14.8. The van der Waals surface area contributed by atoms with Crippen LogP contribution in [-0.2, 0) is 44.9 Å². The van der Waals surface area contributed by atoms with Crippen molar-refractivity contribution < 1.29 is 0 Å². The summed E-state index contributed by atoms with van der Waals surface area (Å²) >= 11 is 0. The number of aromatic nitrogens is 10. The maximum Gasteiger partial charge on any atom is 0.0548 e. The van der Waals surface area contributed by atoms with Gasteiger partial charge < -0.3 is 0 Å². The second-order valence-corrected chi connectivity index (χ2v) is 33.9. The number of rotatable bonds is 0. The lowest BCUT2D eigenvalue weighted by Gasteiger charge is -2.11. The van der Waals surface area contributed by atoms with Crippen LogP contribution in [-0.4, -0.2) is 49.8 Å². The number of nitrogens with zero attached hydrogens (tertiary/aromatic N) is 10. The summed E-state index contributed by atoms with van der Waals surface area (Å²) in [6.07, 6.45) is 16.5. The van der Waals surface area contributed by atoms with Gasteiger partial charge in [-0.05, 0) is 366 Å². The SMILES string of the molecule is Cc1cc(C)c2c(n1)Cc1ncc(C)c(C)c1-2.Cc1cc2c(c(C)c1C)Cc1ccccc1-2.Cc1cc2c(cc1C)-c1ccccc1C2.Cc1cc2c(nc1C)Cc1ncc(C)c(C)c1-2.Cc1ccc2c(n1)Cc1nc(C)c(C)c(C)c1-2.Cc1cnc2c(c1)-c1c(nc(C)c(C)c1C)C2.Cc1cnc2c(c1C)-c1c(ncc(C)c1C)C2. The molecule has 0 fully saturated rings. The molecular formula is C106H110N10. The van der Waals surface area contributed by atoms with Crippen LogP contribution in [0.5, 0.6) is 0 Å². The first-order valence-corrected chi connectivity index (χ1v) is 41.3. The van der Waals surface area contributed by atoms with Crippen LogP contribution in [0.1, 0.15) is 219 Å². The molecule has 14 aromatic rings. The lowest BCUT2D eigenvalue weighted by Crippen LogP contribution is -1.97. The van der Waals surface area contributed by atoms with Crippen molar-refractivity contribution in [2.75, 3.05) is 0 Å². The zero-order chi connectivity index (χ0) is 82.5. The molecule has 0 bridgehead atoms. The van der Waals surface area contributed by atoms with E-state index in [9.17, 15) is 0 Å². The van der Waals surface area contributed by atoms with Gasteiger partial charge in [-0.15, -0.1) is 0 Å². The van der Waals surface area contributed by atoms with E-state index in [1.54, 1.807) is 0 Å². The highest BCUT2D eigenvalue weighted by Gasteiger charge is 2.31. The second kappa shape index (κ2) is 31.5. The molecule has 0 atom stereocenters. The van der Waals surface area contributed by atoms with Crippen molar-refractivity contribution in [2.45, 2.75) is 218 Å². The van der Waals surface area contributed by atoms with Crippen molar-refractivity contribution in [1.82, 2.24) is 49.8 Å². The molecule has 0 aliphatic heterocycles. The molecule has 7 aliphatic rings. The fourth-order valence-electron chi connectivity index (χ4n) is 18.3. The van der Waals surface area contributed by atoms with Crippen LogP contribution in [0.25, 0.3) is 77.9 Å². The van der Waals surface area contributed by atoms with Gasteiger partial charge in [0.25, 0.3) is 0 Å². The quantitative estimate of drug-likeness (QED) is 0.145. The molecule has 0 N–H and O–H groups in total. The molecule has 10 nitrogen and oxygen atoms in total. The summed E-state index contributed by atoms with van der Waals surface area (Å²) in [4.78, 5) is 46.2. The first-order valence-electron chi connectivity index (χ1n) is 41.3. The maximum absolute atomic E-state index is 4.72. The van der Waals surface area contributed by atoms with Gasteiger partial charge in [-0.1, -0.05) is 72.8 Å². The Balaban J connectivity index is 0.000000106. The molecule has 10 aromatic heterocycles. The van der Waals surface area contributed by atoms with Gasteiger partial charge >= 0.3 is 0 Å². The average molecular weight is 1520 g/mol. The molecule has 4 aromatic carbocycles. The van der Waals surface area contributed by atoms with Crippen molar-refractivity contribution in [3.63, 3.8) is 0 Å². The molecule has 10 heteroatoms. The molecule has 10 heterocycles. The van der Waals surface area contributed by atoms with E-state index < -0.39 is 0 Å². The molecule has 0 saturated carbocycles. The molecule has 7 aliphatic carbocycles. The van der Waals surface area contributed by atoms with E-state index >= 15 is 0 Å². The largest absolute Gasteiger partial charge is 0.260 e. The number of benzene rings is 4. The summed E-state index contributed by atoms with van der Waals surface area (Å²) in [6, 6.07) is 35.4. The van der Waals surface area contributed by atoms with Gasteiger partial charge in [-0.25, -0.2) is 0 Å². The zero-order valence-corrected chi connectivity index (χ0v) is 73.0. The normalized spacial score (nSPS) is 12.5. The smallest absolute Gasteiger partial charge is 0.0548 e. The molecular weight excluding hydrogens is 1410 g/mol. The predicted octanol–water partition coefficient (Wildman–Crippen LogP) is 24.5. The van der Waals surface area contributed by atoms with Gasteiger partial charge in [0.15, 0.2) is 0 Å². The predicted molar refractivity (Wildman–Crippen MR) is 479 cm³/mol. The Morgan fingerprint density at radius 1 is 0.198 bits per heavy atom. The number of fused-ring (bicyclic) bond motifs is 21. The molecule has 0 saturated heterocycles. The maximum atomic E-state index is 4.72. The summed E-state index contributed by atoms with van der Waals surface area (Å²) in [7, 11) is 0. The van der Waals surface area contributed by atoms with Gasteiger partial charge in [-0.3, -0.25) is 49.8 Å². The molecule has 0 spiro atoms. The Kier molecular flexibility index (Phi) is 21.6. The van der Waals surface area contributed by atoms with E-state index in [2.05, 4.69) is 298 Å². The molecule has 0 unspecified atom stereocenters. The third-order valence-corrected chi connectivity index (χ3v) is 26.4. The molecule has 0 amide bonds. The summed E-state index contributed by atoms with van der Waals surface area (Å²) in [5.41, 5.74) is 69.0. The van der Waals surface area contributed by atoms with E-state index in [4.69, 9.17) is 15.0 Å². The average Bonchev–Trinajstić information content (AvgIpc) is 1.60. The monoisotopic (exact) mass is 1520 g/mol. The van der Waals surface area contributed by atoms with E-state index in [0.29, 0.717) is 0 Å². The first kappa shape index (κ1) is 79.6. The Bertz CT molecular complexity index is 6370. The molecule has 0 radical (unpaired) electrons. The fraction of sp³-hybridized carbons (Fsp3) is 0.302. The van der Waals surface area contributed by atoms with Crippen LogP contribution >= 0.6 is 0 Å². The first-order chi connectivity index (χ1) is 55.3. The molecule has 21 rings (SSSR count). The summed E-state index contributed by atoms with van der Waals surface area (Å²) in [6.45, 7) is 53.7. The van der Waals surface area contributed by atoms with Crippen molar-refractivity contribution in [3.8, 4) is 77.9 Å². The van der Waals surface area contributed by atoms with Crippen molar-refractivity contribution in [3.05, 3.63) is 347 Å². The number of aryl methyl sites for hydroxylation is 15. The van der Waals surface area contributed by atoms with Crippen LogP contribution in [0.15, 0.2) is 128 Å². The van der Waals surface area contributed by atoms with Gasteiger partial charge in [0.05, 0.1) is 56.9 Å². The van der Waals surface area contributed by atoms with Crippen molar-refractivity contribution in [1.29, 1.82) is 0 Å². The molecule has 584 valence electrons. The Morgan fingerprint density at radius 2 is 0.603 bits per heavy atom. The lowest BCUT2D eigenvalue weighted by atomic mass is 9.94. The van der Waals surface area contributed by atoms with Gasteiger partial charge in [0.2, 0.25) is 0 Å². The minimum Gasteiger partial charge on any atom is -0.260 e. The fourth-order valence-corrected chi connectivity index (χ4v) is 18.3. The number of pyridine rings is 10. The van der Waals surface area contributed by atoms with E-state index in [1.807, 2.05) is 37.9 Å². The van der Waals surface area contributed by atoms with Crippen molar-refractivity contribution in [2.24, 2.45) is 0 Å². The van der Waals surface area contributed by atoms with Crippen molar-refractivity contribution >= 4 is 0 Å². The summed E-state index contributed by atoms with van der Waals surface area (Å²) in [5, 5.41) is 0. The van der Waals surface area contributed by atoms with Crippen LogP contribution in [0, 0.1) is 173 Å². The van der Waals surface area contributed by atoms with Gasteiger partial charge in [0, 0.05) is 147 Å². The molecule has 116 heavy (non-hydrogen) atoms. The number of hydrogen-bond donors (Lipinski definition) is 0. The second-order valence-electron chi connectivity index (χ2n) is 33.9. The van der Waals surface area contributed by atoms with E-state index in [1.165, 1.54) is 268 Å². The summed E-state index contributed by atoms with van der Waals surface area (Å²) in [5.74, 6) is 0.